The molecular formula is C22H28FN5O3. The highest BCUT2D eigenvalue weighted by atomic mass is 19.1. The van der Waals surface area contributed by atoms with Crippen molar-refractivity contribution < 1.29 is 19.8 Å². The minimum Gasteiger partial charge on any atom is -0.412 e. The predicted molar refractivity (Wildman–Crippen MR) is 114 cm³/mol. The summed E-state index contributed by atoms with van der Waals surface area (Å²) in [5.74, 6) is -0.0499. The van der Waals surface area contributed by atoms with Crippen LogP contribution in [0, 0.1) is 18.7 Å². The van der Waals surface area contributed by atoms with E-state index < -0.39 is 5.60 Å². The first-order valence-corrected chi connectivity index (χ1v) is 10.2. The number of nitrogens with one attached hydrogen (secondary N) is 1. The van der Waals surface area contributed by atoms with Crippen molar-refractivity contribution in [2.24, 2.45) is 5.92 Å². The number of halogens is 1. The molecule has 9 heteroatoms. The van der Waals surface area contributed by atoms with Crippen molar-refractivity contribution in [3.63, 3.8) is 0 Å². The summed E-state index contributed by atoms with van der Waals surface area (Å²) >= 11 is 0. The van der Waals surface area contributed by atoms with Gasteiger partial charge in [0.1, 0.15) is 5.82 Å². The summed E-state index contributed by atoms with van der Waals surface area (Å²) in [6.45, 7) is 5.52. The zero-order valence-electron chi connectivity index (χ0n) is 17.9. The van der Waals surface area contributed by atoms with E-state index in [1.54, 1.807) is 6.07 Å². The lowest BCUT2D eigenvalue weighted by atomic mass is 9.77. The molecule has 0 radical (unpaired) electrons. The number of rotatable bonds is 4. The van der Waals surface area contributed by atoms with Crippen LogP contribution >= 0.6 is 0 Å². The first kappa shape index (κ1) is 22.8. The summed E-state index contributed by atoms with van der Waals surface area (Å²) in [4.78, 5) is 21.1. The fourth-order valence-corrected chi connectivity index (χ4v) is 4.16. The van der Waals surface area contributed by atoms with Crippen LogP contribution in [0.1, 0.15) is 55.6 Å². The van der Waals surface area contributed by atoms with Crippen molar-refractivity contribution in [2.45, 2.75) is 58.1 Å². The van der Waals surface area contributed by atoms with Gasteiger partial charge in [-0.15, -0.1) is 0 Å². The van der Waals surface area contributed by atoms with Crippen molar-refractivity contribution in [3.8, 4) is 5.95 Å². The molecule has 2 aromatic heterocycles. The topological polar surface area (TPSA) is 124 Å². The number of aromatic nitrogens is 4. The third kappa shape index (κ3) is 4.72. The van der Waals surface area contributed by atoms with E-state index in [4.69, 9.17) is 0 Å². The number of carbonyl (C=O) groups is 1. The van der Waals surface area contributed by atoms with E-state index in [1.807, 2.05) is 20.8 Å². The van der Waals surface area contributed by atoms with Gasteiger partial charge in [-0.25, -0.2) is 14.4 Å². The molecule has 4 N–H and O–H groups in total. The van der Waals surface area contributed by atoms with E-state index in [9.17, 15) is 14.3 Å². The van der Waals surface area contributed by atoms with Crippen molar-refractivity contribution >= 4 is 16.8 Å². The molecule has 4 rings (SSSR count). The Labute approximate surface area is 179 Å². The van der Waals surface area contributed by atoms with Gasteiger partial charge in [-0.1, -0.05) is 0 Å². The molecule has 166 valence electrons. The fraction of sp³-hybridized carbons (Fsp3) is 0.455. The van der Waals surface area contributed by atoms with E-state index in [0.29, 0.717) is 11.1 Å². The van der Waals surface area contributed by atoms with Crippen LogP contribution in [0.4, 0.5) is 4.39 Å². The Bertz CT molecular complexity index is 1070. The number of aryl methyl sites for hydroxylation is 1. The Morgan fingerprint density at radius 2 is 1.84 bits per heavy atom. The van der Waals surface area contributed by atoms with E-state index in [1.165, 1.54) is 29.2 Å². The highest BCUT2D eigenvalue weighted by Gasteiger charge is 2.31. The van der Waals surface area contributed by atoms with Crippen LogP contribution in [-0.2, 0) is 0 Å². The summed E-state index contributed by atoms with van der Waals surface area (Å²) in [5, 5.41) is 18.4. The summed E-state index contributed by atoms with van der Waals surface area (Å²) in [6, 6.07) is 4.54. The van der Waals surface area contributed by atoms with Gasteiger partial charge in [0, 0.05) is 29.9 Å². The number of amides is 1. The monoisotopic (exact) mass is 429 g/mol. The molecule has 1 saturated carbocycles. The Balaban J connectivity index is 0.00000272. The van der Waals surface area contributed by atoms with Crippen molar-refractivity contribution in [1.29, 1.82) is 0 Å². The van der Waals surface area contributed by atoms with E-state index >= 15 is 0 Å². The number of hydrogen-bond acceptors (Lipinski definition) is 5. The number of hydrogen-bond donors (Lipinski definition) is 2. The third-order valence-corrected chi connectivity index (χ3v) is 5.98. The second-order valence-corrected chi connectivity index (χ2v) is 8.61. The third-order valence-electron chi connectivity index (χ3n) is 5.98. The van der Waals surface area contributed by atoms with Crippen LogP contribution in [0.2, 0.25) is 0 Å². The van der Waals surface area contributed by atoms with E-state index in [2.05, 4.69) is 20.4 Å². The van der Waals surface area contributed by atoms with Crippen molar-refractivity contribution in [3.05, 3.63) is 47.7 Å². The lowest BCUT2D eigenvalue weighted by Crippen LogP contribution is -2.41. The molecule has 0 unspecified atom stereocenters. The van der Waals surface area contributed by atoms with Gasteiger partial charge in [0.15, 0.2) is 0 Å². The molecule has 8 nitrogen and oxygen atoms in total. The van der Waals surface area contributed by atoms with Gasteiger partial charge in [-0.05, 0) is 64.5 Å². The average molecular weight is 429 g/mol. The molecular weight excluding hydrogens is 401 g/mol. The first-order valence-electron chi connectivity index (χ1n) is 10.2. The minimum absolute atomic E-state index is 0. The molecule has 1 aromatic carbocycles. The van der Waals surface area contributed by atoms with Crippen molar-refractivity contribution in [1.82, 2.24) is 25.1 Å². The van der Waals surface area contributed by atoms with Crippen LogP contribution in [0.5, 0.6) is 0 Å². The molecule has 0 spiro atoms. The van der Waals surface area contributed by atoms with Crippen LogP contribution in [-0.4, -0.2) is 47.9 Å². The molecule has 1 aliphatic carbocycles. The van der Waals surface area contributed by atoms with Gasteiger partial charge in [0.25, 0.3) is 11.9 Å². The zero-order chi connectivity index (χ0) is 21.5. The maximum Gasteiger partial charge on any atom is 0.254 e. The highest BCUT2D eigenvalue weighted by molar-refractivity contribution is 5.93. The Morgan fingerprint density at radius 3 is 2.45 bits per heavy atom. The highest BCUT2D eigenvalue weighted by Crippen LogP contribution is 2.32. The maximum atomic E-state index is 13.7. The first-order chi connectivity index (χ1) is 14.2. The zero-order valence-corrected chi connectivity index (χ0v) is 17.9. The Hall–Kier alpha value is -2.91. The van der Waals surface area contributed by atoms with Gasteiger partial charge in [-0.2, -0.15) is 9.78 Å². The molecule has 0 bridgehead atoms. The molecule has 31 heavy (non-hydrogen) atoms. The van der Waals surface area contributed by atoms with Gasteiger partial charge >= 0.3 is 0 Å². The fourth-order valence-electron chi connectivity index (χ4n) is 4.16. The summed E-state index contributed by atoms with van der Waals surface area (Å²) < 4.78 is 15.2. The molecule has 0 saturated heterocycles. The van der Waals surface area contributed by atoms with E-state index in [0.717, 1.165) is 36.8 Å². The number of benzene rings is 1. The van der Waals surface area contributed by atoms with Crippen LogP contribution in [0.3, 0.4) is 0 Å². The number of nitrogens with zero attached hydrogens (tertiary/aromatic N) is 4. The second-order valence-electron chi connectivity index (χ2n) is 8.61. The second kappa shape index (κ2) is 8.68. The minimum atomic E-state index is -0.684. The van der Waals surface area contributed by atoms with Crippen molar-refractivity contribution in [2.75, 3.05) is 0 Å². The SMILES string of the molecule is Cc1nn(-c2ncc(C(=O)NC3CCC(C(C)(C)O)CC3)cn2)c2cc(F)ccc12.O. The molecule has 0 atom stereocenters. The van der Waals surface area contributed by atoms with Crippen LogP contribution in [0.15, 0.2) is 30.6 Å². The molecule has 0 aliphatic heterocycles. The summed E-state index contributed by atoms with van der Waals surface area (Å²) in [6.07, 6.45) is 6.36. The lowest BCUT2D eigenvalue weighted by molar-refractivity contribution is -0.00257. The van der Waals surface area contributed by atoms with Gasteiger partial charge in [0.2, 0.25) is 0 Å². The van der Waals surface area contributed by atoms with Gasteiger partial charge in [0.05, 0.1) is 22.4 Å². The summed E-state index contributed by atoms with van der Waals surface area (Å²) in [7, 11) is 0. The lowest BCUT2D eigenvalue weighted by Gasteiger charge is -2.36. The Kier molecular flexibility index (Phi) is 6.38. The van der Waals surface area contributed by atoms with Gasteiger partial charge in [-0.3, -0.25) is 4.79 Å². The molecule has 2 heterocycles. The normalized spacial score (nSPS) is 19.1. The number of carbonyl (C=O) groups excluding carboxylic acids is 1. The smallest absolute Gasteiger partial charge is 0.254 e. The molecule has 3 aromatic rings. The largest absolute Gasteiger partial charge is 0.412 e. The summed E-state index contributed by atoms with van der Waals surface area (Å²) in [5.41, 5.74) is 1.00. The Morgan fingerprint density at radius 1 is 1.19 bits per heavy atom. The number of aliphatic hydroxyl groups is 1. The molecule has 1 fully saturated rings. The quantitative estimate of drug-likeness (QED) is 0.659. The van der Waals surface area contributed by atoms with Crippen LogP contribution < -0.4 is 5.32 Å². The standard InChI is InChI=1S/C22H26FN5O2.H2O/c1-13-18-9-6-16(23)10-19(18)28(27-13)21-24-11-14(12-25-21)20(29)26-17-7-4-15(5-8-17)22(2,3)30;/h6,9-12,15,17,30H,4-5,7-8H2,1-3H3,(H,26,29);1H2. The molecule has 1 amide bonds. The molecule has 1 aliphatic rings. The average Bonchev–Trinajstić information content (AvgIpc) is 3.03. The number of fused-ring (bicyclic) bond motifs is 1. The van der Waals surface area contributed by atoms with E-state index in [-0.39, 0.29) is 35.1 Å². The van der Waals surface area contributed by atoms with Crippen LogP contribution in [0.25, 0.3) is 16.9 Å². The predicted octanol–water partition coefficient (Wildman–Crippen LogP) is 2.50. The maximum absolute atomic E-state index is 13.7. The van der Waals surface area contributed by atoms with Gasteiger partial charge < -0.3 is 15.9 Å².